The lowest BCUT2D eigenvalue weighted by Gasteiger charge is -2.17. The predicted molar refractivity (Wildman–Crippen MR) is 63.2 cm³/mol. The minimum absolute atomic E-state index is 0.251. The number of aryl methyl sites for hydroxylation is 1. The summed E-state index contributed by atoms with van der Waals surface area (Å²) in [6.07, 6.45) is 3.42. The summed E-state index contributed by atoms with van der Waals surface area (Å²) in [7, 11) is 3.46. The normalized spacial score (nSPS) is 12.4. The van der Waals surface area contributed by atoms with Gasteiger partial charge in [-0.15, -0.1) is 0 Å². The predicted octanol–water partition coefficient (Wildman–Crippen LogP) is 0.376. The number of nitrogens with two attached hydrogens (primary N) is 1. The zero-order valence-corrected chi connectivity index (χ0v) is 9.79. The summed E-state index contributed by atoms with van der Waals surface area (Å²) in [6.45, 7) is 0. The van der Waals surface area contributed by atoms with Gasteiger partial charge in [-0.05, 0) is 18.2 Å². The summed E-state index contributed by atoms with van der Waals surface area (Å²) in [5, 5.41) is 4.12. The number of rotatable bonds is 4. The summed E-state index contributed by atoms with van der Waals surface area (Å²) in [5.74, 6) is 6.29. The van der Waals surface area contributed by atoms with Crippen molar-refractivity contribution in [3.63, 3.8) is 0 Å². The van der Waals surface area contributed by atoms with E-state index in [1.54, 1.807) is 24.2 Å². The number of ether oxygens (including phenoxy) is 1. The van der Waals surface area contributed by atoms with E-state index in [0.29, 0.717) is 5.75 Å². The molecule has 0 radical (unpaired) electrons. The molecule has 90 valence electrons. The minimum Gasteiger partial charge on any atom is -0.495 e. The van der Waals surface area contributed by atoms with Crippen LogP contribution in [0.1, 0.15) is 17.4 Å². The Morgan fingerprint density at radius 2 is 2.24 bits per heavy atom. The summed E-state index contributed by atoms with van der Waals surface area (Å²) in [5.41, 5.74) is 4.39. The van der Waals surface area contributed by atoms with Crippen LogP contribution in [0.25, 0.3) is 0 Å². The zero-order valence-electron chi connectivity index (χ0n) is 9.79. The van der Waals surface area contributed by atoms with Gasteiger partial charge in [-0.2, -0.15) is 5.10 Å². The minimum atomic E-state index is -0.251. The van der Waals surface area contributed by atoms with E-state index in [1.807, 2.05) is 25.2 Å². The summed E-state index contributed by atoms with van der Waals surface area (Å²) >= 11 is 0. The molecule has 2 aromatic heterocycles. The van der Waals surface area contributed by atoms with E-state index in [-0.39, 0.29) is 6.04 Å². The molecule has 6 heteroatoms. The first-order chi connectivity index (χ1) is 8.27. The number of aromatic nitrogens is 3. The Morgan fingerprint density at radius 1 is 1.41 bits per heavy atom. The maximum atomic E-state index is 5.60. The van der Waals surface area contributed by atoms with Gasteiger partial charge in [0.05, 0.1) is 12.8 Å². The van der Waals surface area contributed by atoms with Crippen LogP contribution in [0.3, 0.4) is 0 Å². The Kier molecular flexibility index (Phi) is 3.36. The third-order valence-corrected chi connectivity index (χ3v) is 2.61. The van der Waals surface area contributed by atoms with E-state index in [4.69, 9.17) is 10.6 Å². The van der Waals surface area contributed by atoms with Crippen molar-refractivity contribution in [3.05, 3.63) is 42.0 Å². The molecule has 0 aliphatic carbocycles. The highest BCUT2D eigenvalue weighted by molar-refractivity contribution is 5.34. The van der Waals surface area contributed by atoms with E-state index in [1.165, 1.54) is 0 Å². The van der Waals surface area contributed by atoms with Crippen molar-refractivity contribution in [2.24, 2.45) is 12.9 Å². The fourth-order valence-corrected chi connectivity index (χ4v) is 1.76. The fourth-order valence-electron chi connectivity index (χ4n) is 1.76. The first-order valence-corrected chi connectivity index (χ1v) is 5.21. The molecule has 2 aromatic rings. The van der Waals surface area contributed by atoms with Crippen molar-refractivity contribution >= 4 is 0 Å². The highest BCUT2D eigenvalue weighted by Crippen LogP contribution is 2.26. The Bertz CT molecular complexity index is 496. The van der Waals surface area contributed by atoms with Gasteiger partial charge in [-0.25, -0.2) is 5.43 Å². The topological polar surface area (TPSA) is 78.0 Å². The zero-order chi connectivity index (χ0) is 12.3. The van der Waals surface area contributed by atoms with Gasteiger partial charge < -0.3 is 4.74 Å². The molecule has 0 bridgehead atoms. The Balaban J connectivity index is 2.46. The van der Waals surface area contributed by atoms with E-state index in [0.717, 1.165) is 11.4 Å². The summed E-state index contributed by atoms with van der Waals surface area (Å²) in [4.78, 5) is 4.31. The average Bonchev–Trinajstić information content (AvgIpc) is 2.78. The first-order valence-electron chi connectivity index (χ1n) is 5.21. The molecule has 3 N–H and O–H groups in total. The first kappa shape index (κ1) is 11.6. The molecule has 0 saturated carbocycles. The third-order valence-electron chi connectivity index (χ3n) is 2.61. The van der Waals surface area contributed by atoms with Crippen LogP contribution in [0.15, 0.2) is 30.6 Å². The van der Waals surface area contributed by atoms with E-state index >= 15 is 0 Å². The van der Waals surface area contributed by atoms with Crippen molar-refractivity contribution in [3.8, 4) is 5.75 Å². The maximum absolute atomic E-state index is 5.60. The molecule has 0 fully saturated rings. The molecule has 1 unspecified atom stereocenters. The largest absolute Gasteiger partial charge is 0.495 e. The molecule has 0 aliphatic heterocycles. The molecular formula is C11H15N5O. The number of methoxy groups -OCH3 is 1. The molecular weight excluding hydrogens is 218 g/mol. The third kappa shape index (κ3) is 2.13. The highest BCUT2D eigenvalue weighted by atomic mass is 16.5. The van der Waals surface area contributed by atoms with Crippen LogP contribution < -0.4 is 16.0 Å². The lowest BCUT2D eigenvalue weighted by atomic mass is 10.1. The number of nitrogens with one attached hydrogen (secondary N) is 1. The van der Waals surface area contributed by atoms with E-state index in [2.05, 4.69) is 15.5 Å². The van der Waals surface area contributed by atoms with Crippen molar-refractivity contribution in [2.75, 3.05) is 7.11 Å². The number of hydrogen-bond acceptors (Lipinski definition) is 5. The van der Waals surface area contributed by atoms with Crippen LogP contribution in [0.5, 0.6) is 5.75 Å². The molecule has 17 heavy (non-hydrogen) atoms. The van der Waals surface area contributed by atoms with Gasteiger partial charge in [0.2, 0.25) is 0 Å². The Hall–Kier alpha value is -1.92. The molecule has 0 amide bonds. The SMILES string of the molecule is COc1cccnc1C(NN)c1ccnn1C. The van der Waals surface area contributed by atoms with Gasteiger partial charge in [-0.3, -0.25) is 15.5 Å². The Labute approximate surface area is 99.4 Å². The second-order valence-corrected chi connectivity index (χ2v) is 3.57. The number of nitrogens with zero attached hydrogens (tertiary/aromatic N) is 3. The molecule has 2 rings (SSSR count). The lowest BCUT2D eigenvalue weighted by Crippen LogP contribution is -2.31. The van der Waals surface area contributed by atoms with Gasteiger partial charge in [0, 0.05) is 19.4 Å². The van der Waals surface area contributed by atoms with Crippen molar-refractivity contribution in [2.45, 2.75) is 6.04 Å². The highest BCUT2D eigenvalue weighted by Gasteiger charge is 2.20. The second kappa shape index (κ2) is 4.94. The molecule has 1 atom stereocenters. The van der Waals surface area contributed by atoms with E-state index in [9.17, 15) is 0 Å². The lowest BCUT2D eigenvalue weighted by molar-refractivity contribution is 0.398. The van der Waals surface area contributed by atoms with Crippen LogP contribution in [-0.4, -0.2) is 21.9 Å². The number of pyridine rings is 1. The van der Waals surface area contributed by atoms with Gasteiger partial charge in [-0.1, -0.05) is 0 Å². The molecule has 0 spiro atoms. The number of hydrogen-bond donors (Lipinski definition) is 2. The monoisotopic (exact) mass is 233 g/mol. The van der Waals surface area contributed by atoms with E-state index < -0.39 is 0 Å². The molecule has 0 aromatic carbocycles. The average molecular weight is 233 g/mol. The smallest absolute Gasteiger partial charge is 0.142 e. The summed E-state index contributed by atoms with van der Waals surface area (Å²) < 4.78 is 7.03. The quantitative estimate of drug-likeness (QED) is 0.589. The van der Waals surface area contributed by atoms with Crippen LogP contribution in [-0.2, 0) is 7.05 Å². The van der Waals surface area contributed by atoms with Crippen molar-refractivity contribution in [1.29, 1.82) is 0 Å². The van der Waals surface area contributed by atoms with Gasteiger partial charge in [0.1, 0.15) is 17.5 Å². The fraction of sp³-hybridized carbons (Fsp3) is 0.273. The van der Waals surface area contributed by atoms with Crippen LogP contribution >= 0.6 is 0 Å². The van der Waals surface area contributed by atoms with Crippen LogP contribution in [0.4, 0.5) is 0 Å². The van der Waals surface area contributed by atoms with Crippen LogP contribution in [0, 0.1) is 0 Å². The maximum Gasteiger partial charge on any atom is 0.142 e. The standard InChI is InChI=1S/C11H15N5O/c1-16-8(5-7-14-16)10(15-12)11-9(17-2)4-3-6-13-11/h3-7,10,15H,12H2,1-2H3. The summed E-state index contributed by atoms with van der Waals surface area (Å²) in [6, 6.07) is 5.31. The molecule has 6 nitrogen and oxygen atoms in total. The van der Waals surface area contributed by atoms with Crippen molar-refractivity contribution < 1.29 is 4.74 Å². The molecule has 2 heterocycles. The second-order valence-electron chi connectivity index (χ2n) is 3.57. The van der Waals surface area contributed by atoms with Crippen molar-refractivity contribution in [1.82, 2.24) is 20.2 Å². The van der Waals surface area contributed by atoms with Crippen LogP contribution in [0.2, 0.25) is 0 Å². The molecule has 0 saturated heterocycles. The Morgan fingerprint density at radius 3 is 2.82 bits per heavy atom. The van der Waals surface area contributed by atoms with Gasteiger partial charge in [0.15, 0.2) is 0 Å². The van der Waals surface area contributed by atoms with Gasteiger partial charge >= 0.3 is 0 Å². The van der Waals surface area contributed by atoms with Gasteiger partial charge in [0.25, 0.3) is 0 Å². The number of hydrazine groups is 1. The molecule has 0 aliphatic rings.